The number of methoxy groups -OCH3 is 1. The summed E-state index contributed by atoms with van der Waals surface area (Å²) < 4.78 is 4.46. The van der Waals surface area contributed by atoms with Crippen LogP contribution in [-0.2, 0) is 16.1 Å². The number of esters is 1. The predicted molar refractivity (Wildman–Crippen MR) is 49.3 cm³/mol. The van der Waals surface area contributed by atoms with E-state index in [-0.39, 0.29) is 5.69 Å². The molecule has 1 atom stereocenters. The Balaban J connectivity index is 2.44. The molecule has 1 unspecified atom stereocenters. The van der Waals surface area contributed by atoms with Gasteiger partial charge in [-0.05, 0) is 6.42 Å². The summed E-state index contributed by atoms with van der Waals surface area (Å²) in [5, 5.41) is 16.1. The fourth-order valence-electron chi connectivity index (χ4n) is 0.980. The van der Waals surface area contributed by atoms with Gasteiger partial charge in [-0.3, -0.25) is 4.79 Å². The number of carbonyl (C=O) groups excluding carboxylic acids is 1. The highest BCUT2D eigenvalue weighted by molar-refractivity contribution is 5.75. The number of aryl methyl sites for hydroxylation is 1. The Morgan fingerprint density at radius 1 is 1.87 bits per heavy atom. The lowest BCUT2D eigenvalue weighted by molar-refractivity contribution is -0.142. The summed E-state index contributed by atoms with van der Waals surface area (Å²) in [5.41, 5.74) is 5.74. The molecule has 7 nitrogen and oxygen atoms in total. The van der Waals surface area contributed by atoms with Crippen LogP contribution in [0.5, 0.6) is 0 Å². The Bertz CT molecular complexity index is 381. The molecule has 80 valence electrons. The molecule has 0 aliphatic rings. The van der Waals surface area contributed by atoms with E-state index in [2.05, 4.69) is 14.9 Å². The second kappa shape index (κ2) is 5.07. The number of hydrogen-bond acceptors (Lipinski definition) is 6. The normalized spacial score (nSPS) is 11.8. The molecule has 1 aromatic rings. The average Bonchev–Trinajstić information content (AvgIpc) is 2.72. The van der Waals surface area contributed by atoms with Crippen molar-refractivity contribution in [2.45, 2.75) is 19.0 Å². The van der Waals surface area contributed by atoms with E-state index in [1.165, 1.54) is 18.1 Å². The fraction of sp³-hybridized carbons (Fsp3) is 0.500. The highest BCUT2D eigenvalue weighted by atomic mass is 16.5. The van der Waals surface area contributed by atoms with Gasteiger partial charge in [-0.15, -0.1) is 5.10 Å². The lowest BCUT2D eigenvalue weighted by Crippen LogP contribution is -2.32. The number of rotatable bonds is 4. The lowest BCUT2D eigenvalue weighted by atomic mass is 10.2. The van der Waals surface area contributed by atoms with Gasteiger partial charge in [0.15, 0.2) is 5.69 Å². The van der Waals surface area contributed by atoms with Crippen LogP contribution in [0.4, 0.5) is 0 Å². The quantitative estimate of drug-likeness (QED) is 0.640. The van der Waals surface area contributed by atoms with Crippen LogP contribution < -0.4 is 5.73 Å². The van der Waals surface area contributed by atoms with Gasteiger partial charge in [0.05, 0.1) is 19.9 Å². The van der Waals surface area contributed by atoms with Crippen LogP contribution in [0.25, 0.3) is 0 Å². The summed E-state index contributed by atoms with van der Waals surface area (Å²) in [4.78, 5) is 12.3. The Morgan fingerprint density at radius 2 is 2.60 bits per heavy atom. The third-order valence-corrected chi connectivity index (χ3v) is 1.80. The maximum absolute atomic E-state index is 10.9. The first-order valence-electron chi connectivity index (χ1n) is 4.31. The van der Waals surface area contributed by atoms with Crippen LogP contribution in [0, 0.1) is 11.3 Å². The Hall–Kier alpha value is -1.94. The molecule has 0 aliphatic heterocycles. The summed E-state index contributed by atoms with van der Waals surface area (Å²) in [6, 6.07) is 1.16. The van der Waals surface area contributed by atoms with Crippen molar-refractivity contribution in [2.75, 3.05) is 7.11 Å². The molecule has 0 aliphatic carbocycles. The van der Waals surface area contributed by atoms with Gasteiger partial charge in [-0.1, -0.05) is 0 Å². The monoisotopic (exact) mass is 209 g/mol. The summed E-state index contributed by atoms with van der Waals surface area (Å²) in [7, 11) is 1.28. The third-order valence-electron chi connectivity index (χ3n) is 1.80. The molecular weight excluding hydrogens is 198 g/mol. The van der Waals surface area contributed by atoms with E-state index in [0.717, 1.165) is 0 Å². The number of carbonyl (C=O) groups is 1. The minimum atomic E-state index is -0.688. The van der Waals surface area contributed by atoms with Gasteiger partial charge in [-0.2, -0.15) is 15.2 Å². The largest absolute Gasteiger partial charge is 0.468 e. The molecule has 1 heterocycles. The first kappa shape index (κ1) is 11.1. The smallest absolute Gasteiger partial charge is 0.322 e. The van der Waals surface area contributed by atoms with Gasteiger partial charge in [0, 0.05) is 0 Å². The Labute approximate surface area is 86.4 Å². The number of nitrogens with two attached hydrogens (primary N) is 1. The summed E-state index contributed by atoms with van der Waals surface area (Å²) in [5.74, 6) is -0.470. The summed E-state index contributed by atoms with van der Waals surface area (Å²) >= 11 is 0. The van der Waals surface area contributed by atoms with Crippen LogP contribution in [0.3, 0.4) is 0 Å². The van der Waals surface area contributed by atoms with Gasteiger partial charge in [-0.25, -0.2) is 0 Å². The van der Waals surface area contributed by atoms with Crippen molar-refractivity contribution in [3.05, 3.63) is 11.9 Å². The second-order valence-corrected chi connectivity index (χ2v) is 2.86. The van der Waals surface area contributed by atoms with Crippen molar-refractivity contribution in [3.63, 3.8) is 0 Å². The van der Waals surface area contributed by atoms with Crippen LogP contribution in [0.15, 0.2) is 6.20 Å². The molecule has 7 heteroatoms. The van der Waals surface area contributed by atoms with Gasteiger partial charge in [0.2, 0.25) is 0 Å². The average molecular weight is 209 g/mol. The predicted octanol–water partition coefficient (Wildman–Crippen LogP) is -0.960. The van der Waals surface area contributed by atoms with E-state index < -0.39 is 12.0 Å². The fourth-order valence-corrected chi connectivity index (χ4v) is 0.980. The molecule has 0 saturated carbocycles. The molecule has 0 amide bonds. The van der Waals surface area contributed by atoms with Gasteiger partial charge < -0.3 is 10.5 Å². The second-order valence-electron chi connectivity index (χ2n) is 2.86. The van der Waals surface area contributed by atoms with Crippen LogP contribution in [-0.4, -0.2) is 34.1 Å². The number of nitriles is 1. The van der Waals surface area contributed by atoms with Gasteiger partial charge in [0.25, 0.3) is 0 Å². The molecule has 0 saturated heterocycles. The molecule has 1 aromatic heterocycles. The standard InChI is InChI=1S/C8H11N5O2/c1-15-8(14)7(10)2-3-13-11-5-6(4-9)12-13/h5,7H,2-3,10H2,1H3. The minimum Gasteiger partial charge on any atom is -0.468 e. The third kappa shape index (κ3) is 3.03. The number of nitrogens with zero attached hydrogens (tertiary/aromatic N) is 4. The van der Waals surface area contributed by atoms with Crippen LogP contribution in [0.1, 0.15) is 12.1 Å². The molecule has 0 bridgehead atoms. The zero-order valence-electron chi connectivity index (χ0n) is 8.25. The summed E-state index contributed by atoms with van der Waals surface area (Å²) in [6.45, 7) is 0.373. The molecule has 0 radical (unpaired) electrons. The number of ether oxygens (including phenoxy) is 1. The molecule has 0 spiro atoms. The maximum Gasteiger partial charge on any atom is 0.322 e. The van der Waals surface area contributed by atoms with E-state index >= 15 is 0 Å². The minimum absolute atomic E-state index is 0.238. The number of aromatic nitrogens is 3. The molecule has 1 rings (SSSR count). The maximum atomic E-state index is 10.9. The first-order valence-corrected chi connectivity index (χ1v) is 4.31. The SMILES string of the molecule is COC(=O)C(N)CCn1ncc(C#N)n1. The Morgan fingerprint density at radius 3 is 3.13 bits per heavy atom. The van der Waals surface area contributed by atoms with Gasteiger partial charge in [0.1, 0.15) is 12.1 Å². The van der Waals surface area contributed by atoms with Crippen molar-refractivity contribution < 1.29 is 9.53 Å². The van der Waals surface area contributed by atoms with E-state index in [4.69, 9.17) is 11.0 Å². The zero-order chi connectivity index (χ0) is 11.3. The van der Waals surface area contributed by atoms with E-state index in [1.807, 2.05) is 6.07 Å². The Kier molecular flexibility index (Phi) is 3.76. The molecule has 15 heavy (non-hydrogen) atoms. The highest BCUT2D eigenvalue weighted by Crippen LogP contribution is 1.95. The van der Waals surface area contributed by atoms with Gasteiger partial charge >= 0.3 is 5.97 Å². The van der Waals surface area contributed by atoms with Crippen molar-refractivity contribution in [1.82, 2.24) is 15.0 Å². The highest BCUT2D eigenvalue weighted by Gasteiger charge is 2.13. The van der Waals surface area contributed by atoms with Crippen LogP contribution in [0.2, 0.25) is 0 Å². The topological polar surface area (TPSA) is 107 Å². The van der Waals surface area contributed by atoms with E-state index in [9.17, 15) is 4.79 Å². The molecular formula is C8H11N5O2. The van der Waals surface area contributed by atoms with Crippen molar-refractivity contribution in [2.24, 2.45) is 5.73 Å². The van der Waals surface area contributed by atoms with E-state index in [0.29, 0.717) is 13.0 Å². The van der Waals surface area contributed by atoms with Crippen molar-refractivity contribution in [3.8, 4) is 6.07 Å². The number of hydrogen-bond donors (Lipinski definition) is 1. The summed E-state index contributed by atoms with van der Waals surface area (Å²) in [6.07, 6.45) is 1.72. The molecule has 0 fully saturated rings. The van der Waals surface area contributed by atoms with Crippen molar-refractivity contribution >= 4 is 5.97 Å². The molecule has 2 N–H and O–H groups in total. The molecule has 0 aromatic carbocycles. The van der Waals surface area contributed by atoms with Crippen molar-refractivity contribution in [1.29, 1.82) is 5.26 Å². The van der Waals surface area contributed by atoms with E-state index in [1.54, 1.807) is 0 Å². The van der Waals surface area contributed by atoms with Crippen LogP contribution >= 0.6 is 0 Å². The lowest BCUT2D eigenvalue weighted by Gasteiger charge is -2.07. The first-order chi connectivity index (χ1) is 7.17. The zero-order valence-corrected chi connectivity index (χ0v) is 8.25.